The Morgan fingerprint density at radius 2 is 1.93 bits per heavy atom. The van der Waals surface area contributed by atoms with Crippen LogP contribution in [-0.2, 0) is 9.59 Å². The number of hydrogen-bond donors (Lipinski definition) is 3. The van der Waals surface area contributed by atoms with E-state index in [0.717, 1.165) is 6.42 Å². The second-order valence-corrected chi connectivity index (χ2v) is 3.91. The van der Waals surface area contributed by atoms with E-state index in [4.69, 9.17) is 11.5 Å². The summed E-state index contributed by atoms with van der Waals surface area (Å²) in [7, 11) is 0. The second kappa shape index (κ2) is 4.95. The third kappa shape index (κ3) is 4.23. The van der Waals surface area contributed by atoms with Gasteiger partial charge in [0, 0.05) is 12.5 Å². The number of nitrogens with two attached hydrogens (primary N) is 2. The number of rotatable bonds is 5. The molecule has 0 saturated carbocycles. The Balaban J connectivity index is 4.12. The van der Waals surface area contributed by atoms with Crippen molar-refractivity contribution in [3.05, 3.63) is 0 Å². The minimum absolute atomic E-state index is 0.168. The van der Waals surface area contributed by atoms with Gasteiger partial charge < -0.3 is 16.8 Å². The first-order chi connectivity index (χ1) is 6.29. The lowest BCUT2D eigenvalue weighted by Crippen LogP contribution is -2.53. The largest absolute Gasteiger partial charge is 0.368 e. The minimum atomic E-state index is -1.01. The molecule has 0 rings (SSSR count). The van der Waals surface area contributed by atoms with Gasteiger partial charge in [0.2, 0.25) is 11.8 Å². The molecule has 0 aliphatic carbocycles. The van der Waals surface area contributed by atoms with Crippen LogP contribution in [0.5, 0.6) is 0 Å². The molecule has 0 aromatic heterocycles. The molecule has 0 heterocycles. The quantitative estimate of drug-likeness (QED) is 0.559. The van der Waals surface area contributed by atoms with Crippen LogP contribution in [0.2, 0.25) is 0 Å². The summed E-state index contributed by atoms with van der Waals surface area (Å²) in [4.78, 5) is 22.2. The van der Waals surface area contributed by atoms with E-state index in [2.05, 4.69) is 5.32 Å². The van der Waals surface area contributed by atoms with Gasteiger partial charge in [0.05, 0.1) is 0 Å². The second-order valence-electron chi connectivity index (χ2n) is 3.91. The van der Waals surface area contributed by atoms with Crippen molar-refractivity contribution in [1.82, 2.24) is 5.32 Å². The molecule has 0 spiro atoms. The van der Waals surface area contributed by atoms with Crippen LogP contribution >= 0.6 is 0 Å². The summed E-state index contributed by atoms with van der Waals surface area (Å²) in [6, 6.07) is -0.168. The van der Waals surface area contributed by atoms with E-state index >= 15 is 0 Å². The van der Waals surface area contributed by atoms with Gasteiger partial charge in [-0.3, -0.25) is 9.59 Å². The molecular weight excluding hydrogens is 182 g/mol. The maximum absolute atomic E-state index is 11.3. The van der Waals surface area contributed by atoms with Crippen LogP contribution in [0, 0.1) is 0 Å². The maximum atomic E-state index is 11.3. The number of amides is 2. The van der Waals surface area contributed by atoms with Crippen LogP contribution in [0.1, 0.15) is 33.6 Å². The zero-order valence-corrected chi connectivity index (χ0v) is 8.96. The minimum Gasteiger partial charge on any atom is -0.368 e. The molecule has 82 valence electrons. The van der Waals surface area contributed by atoms with Gasteiger partial charge in [-0.1, -0.05) is 6.92 Å². The van der Waals surface area contributed by atoms with Gasteiger partial charge >= 0.3 is 0 Å². The fourth-order valence-corrected chi connectivity index (χ4v) is 0.844. The highest BCUT2D eigenvalue weighted by Gasteiger charge is 2.26. The van der Waals surface area contributed by atoms with Crippen LogP contribution in [0.15, 0.2) is 0 Å². The number of hydrogen-bond acceptors (Lipinski definition) is 3. The van der Waals surface area contributed by atoms with Crippen LogP contribution < -0.4 is 16.8 Å². The molecule has 0 aromatic rings. The standard InChI is InChI=1S/C9H19N3O2/c1-4-6(10)5-7(13)12-9(2,3)8(11)14/h6H,4-5,10H2,1-3H3,(H2,11,14)(H,12,13). The molecule has 0 radical (unpaired) electrons. The average Bonchev–Trinajstić information content (AvgIpc) is 2.02. The molecule has 5 N–H and O–H groups in total. The Bertz CT molecular complexity index is 226. The lowest BCUT2D eigenvalue weighted by Gasteiger charge is -2.23. The van der Waals surface area contributed by atoms with Gasteiger partial charge in [0.15, 0.2) is 0 Å². The lowest BCUT2D eigenvalue weighted by molar-refractivity contribution is -0.130. The Hall–Kier alpha value is -1.10. The SMILES string of the molecule is CCC(N)CC(=O)NC(C)(C)C(N)=O. The molecular formula is C9H19N3O2. The molecule has 0 saturated heterocycles. The first kappa shape index (κ1) is 12.9. The van der Waals surface area contributed by atoms with Crippen molar-refractivity contribution < 1.29 is 9.59 Å². The monoisotopic (exact) mass is 201 g/mol. The van der Waals surface area contributed by atoms with E-state index in [9.17, 15) is 9.59 Å². The Kier molecular flexibility index (Phi) is 4.56. The van der Waals surface area contributed by atoms with Crippen molar-refractivity contribution in [2.45, 2.75) is 45.2 Å². The first-order valence-electron chi connectivity index (χ1n) is 4.66. The van der Waals surface area contributed by atoms with Crippen LogP contribution in [0.3, 0.4) is 0 Å². The molecule has 1 atom stereocenters. The Morgan fingerprint density at radius 1 is 1.43 bits per heavy atom. The number of carbonyl (C=O) groups excluding carboxylic acids is 2. The van der Waals surface area contributed by atoms with Gasteiger partial charge in [-0.2, -0.15) is 0 Å². The fraction of sp³-hybridized carbons (Fsp3) is 0.778. The average molecular weight is 201 g/mol. The van der Waals surface area contributed by atoms with E-state index in [1.165, 1.54) is 0 Å². The molecule has 0 fully saturated rings. The van der Waals surface area contributed by atoms with E-state index in [-0.39, 0.29) is 18.4 Å². The van der Waals surface area contributed by atoms with Crippen molar-refractivity contribution >= 4 is 11.8 Å². The zero-order valence-electron chi connectivity index (χ0n) is 8.96. The smallest absolute Gasteiger partial charge is 0.242 e. The number of nitrogens with one attached hydrogen (secondary N) is 1. The first-order valence-corrected chi connectivity index (χ1v) is 4.66. The molecule has 5 heteroatoms. The van der Waals surface area contributed by atoms with Crippen LogP contribution in [0.4, 0.5) is 0 Å². The summed E-state index contributed by atoms with van der Waals surface area (Å²) in [5, 5.41) is 2.53. The maximum Gasteiger partial charge on any atom is 0.242 e. The van der Waals surface area contributed by atoms with Crippen molar-refractivity contribution in [2.75, 3.05) is 0 Å². The highest BCUT2D eigenvalue weighted by atomic mass is 16.2. The molecule has 5 nitrogen and oxygen atoms in total. The predicted octanol–water partition coefficient (Wildman–Crippen LogP) is -0.506. The van der Waals surface area contributed by atoms with Crippen molar-refractivity contribution in [1.29, 1.82) is 0 Å². The van der Waals surface area contributed by atoms with Gasteiger partial charge in [0.25, 0.3) is 0 Å². The van der Waals surface area contributed by atoms with Gasteiger partial charge in [-0.15, -0.1) is 0 Å². The molecule has 1 unspecified atom stereocenters. The van der Waals surface area contributed by atoms with Crippen molar-refractivity contribution in [3.63, 3.8) is 0 Å². The topological polar surface area (TPSA) is 98.2 Å². The molecule has 14 heavy (non-hydrogen) atoms. The summed E-state index contributed by atoms with van der Waals surface area (Å²) in [6.45, 7) is 5.02. The van der Waals surface area contributed by atoms with E-state index < -0.39 is 11.4 Å². The normalized spacial score (nSPS) is 13.4. The number of primary amides is 1. The number of carbonyl (C=O) groups is 2. The highest BCUT2D eigenvalue weighted by molar-refractivity contribution is 5.89. The predicted molar refractivity (Wildman–Crippen MR) is 54.3 cm³/mol. The summed E-state index contributed by atoms with van der Waals surface area (Å²) >= 11 is 0. The summed E-state index contributed by atoms with van der Waals surface area (Å²) in [5.41, 5.74) is 9.68. The molecule has 0 aliphatic heterocycles. The molecule has 2 amide bonds. The lowest BCUT2D eigenvalue weighted by atomic mass is 10.0. The highest BCUT2D eigenvalue weighted by Crippen LogP contribution is 2.02. The van der Waals surface area contributed by atoms with Crippen molar-refractivity contribution in [3.8, 4) is 0 Å². The summed E-state index contributed by atoms with van der Waals surface area (Å²) in [5.74, 6) is -0.806. The van der Waals surface area contributed by atoms with Crippen LogP contribution in [0.25, 0.3) is 0 Å². The van der Waals surface area contributed by atoms with E-state index in [1.807, 2.05) is 6.92 Å². The third-order valence-electron chi connectivity index (χ3n) is 2.04. The molecule has 0 bridgehead atoms. The Morgan fingerprint density at radius 3 is 2.29 bits per heavy atom. The summed E-state index contributed by atoms with van der Waals surface area (Å²) in [6.07, 6.45) is 0.942. The Labute approximate surface area is 84.2 Å². The third-order valence-corrected chi connectivity index (χ3v) is 2.04. The van der Waals surface area contributed by atoms with Crippen molar-refractivity contribution in [2.24, 2.45) is 11.5 Å². The molecule has 0 aromatic carbocycles. The summed E-state index contributed by atoms with van der Waals surface area (Å²) < 4.78 is 0. The van der Waals surface area contributed by atoms with Gasteiger partial charge in [0.1, 0.15) is 5.54 Å². The molecule has 0 aliphatic rings. The van der Waals surface area contributed by atoms with Gasteiger partial charge in [-0.05, 0) is 20.3 Å². The zero-order chi connectivity index (χ0) is 11.4. The van der Waals surface area contributed by atoms with E-state index in [1.54, 1.807) is 13.8 Å². The van der Waals surface area contributed by atoms with Gasteiger partial charge in [-0.25, -0.2) is 0 Å². The fourth-order valence-electron chi connectivity index (χ4n) is 0.844. The van der Waals surface area contributed by atoms with E-state index in [0.29, 0.717) is 0 Å². The van der Waals surface area contributed by atoms with Crippen LogP contribution in [-0.4, -0.2) is 23.4 Å².